The Kier molecular flexibility index (Phi) is 2.16. The summed E-state index contributed by atoms with van der Waals surface area (Å²) in [4.78, 5) is 1.27. The third kappa shape index (κ3) is 1.72. The summed E-state index contributed by atoms with van der Waals surface area (Å²) in [6, 6.07) is 0.0301. The van der Waals surface area contributed by atoms with Crippen molar-refractivity contribution in [2.24, 2.45) is 0 Å². The number of alkyl halides is 2. The summed E-state index contributed by atoms with van der Waals surface area (Å²) < 4.78 is 23.9. The molecule has 0 spiro atoms. The molecule has 0 atom stereocenters. The highest BCUT2D eigenvalue weighted by atomic mass is 19.3. The van der Waals surface area contributed by atoms with Crippen molar-refractivity contribution in [1.82, 2.24) is 15.0 Å². The standard InChI is InChI=1S/C6H9F2N3/c1-4(2)11-9-3-5(10-11)6(7)8/h3-4,6H,1-2H3. The monoisotopic (exact) mass is 161 g/mol. The molecule has 0 amide bonds. The molecule has 0 unspecified atom stereocenters. The number of nitrogens with zero attached hydrogens (tertiary/aromatic N) is 3. The van der Waals surface area contributed by atoms with Gasteiger partial charge in [-0.05, 0) is 13.8 Å². The Hall–Kier alpha value is -1.00. The highest BCUT2D eigenvalue weighted by Gasteiger charge is 2.12. The molecule has 11 heavy (non-hydrogen) atoms. The van der Waals surface area contributed by atoms with Gasteiger partial charge in [-0.2, -0.15) is 15.0 Å². The highest BCUT2D eigenvalue weighted by Crippen LogP contribution is 2.15. The van der Waals surface area contributed by atoms with Crippen molar-refractivity contribution in [1.29, 1.82) is 0 Å². The first kappa shape index (κ1) is 8.10. The average molecular weight is 161 g/mol. The zero-order valence-electron chi connectivity index (χ0n) is 6.33. The van der Waals surface area contributed by atoms with Crippen LogP contribution < -0.4 is 0 Å². The van der Waals surface area contributed by atoms with Gasteiger partial charge in [0.15, 0.2) is 0 Å². The van der Waals surface area contributed by atoms with E-state index in [0.717, 1.165) is 6.20 Å². The Labute approximate surface area is 63.0 Å². The molecule has 1 heterocycles. The van der Waals surface area contributed by atoms with Crippen LogP contribution in [0.4, 0.5) is 8.78 Å². The summed E-state index contributed by atoms with van der Waals surface area (Å²) in [5.41, 5.74) is -0.265. The first-order valence-electron chi connectivity index (χ1n) is 3.31. The van der Waals surface area contributed by atoms with E-state index in [4.69, 9.17) is 0 Å². The maximum Gasteiger partial charge on any atom is 0.283 e. The Morgan fingerprint density at radius 3 is 2.36 bits per heavy atom. The lowest BCUT2D eigenvalue weighted by Gasteiger charge is -2.00. The predicted octanol–water partition coefficient (Wildman–Crippen LogP) is 1.80. The number of hydrogen-bond donors (Lipinski definition) is 0. The maximum absolute atomic E-state index is 11.9. The van der Waals surface area contributed by atoms with Gasteiger partial charge in [0.05, 0.1) is 12.2 Å². The smallest absolute Gasteiger partial charge is 0.203 e. The summed E-state index contributed by atoms with van der Waals surface area (Å²) in [6.07, 6.45) is -1.44. The third-order valence-corrected chi connectivity index (χ3v) is 1.21. The second kappa shape index (κ2) is 2.94. The van der Waals surface area contributed by atoms with Gasteiger partial charge < -0.3 is 0 Å². The topological polar surface area (TPSA) is 30.7 Å². The molecule has 0 aliphatic rings. The largest absolute Gasteiger partial charge is 0.283 e. The van der Waals surface area contributed by atoms with Gasteiger partial charge in [-0.15, -0.1) is 0 Å². The molecule has 0 aliphatic heterocycles. The lowest BCUT2D eigenvalue weighted by Crippen LogP contribution is -2.04. The molecule has 62 valence electrons. The average Bonchev–Trinajstić information content (AvgIpc) is 2.33. The Balaban J connectivity index is 2.82. The summed E-state index contributed by atoms with van der Waals surface area (Å²) in [5.74, 6) is 0. The fraction of sp³-hybridized carbons (Fsp3) is 0.667. The molecule has 0 bridgehead atoms. The van der Waals surface area contributed by atoms with Gasteiger partial charge in [-0.25, -0.2) is 8.78 Å². The lowest BCUT2D eigenvalue weighted by atomic mass is 10.4. The summed E-state index contributed by atoms with van der Waals surface area (Å²) in [5, 5.41) is 7.23. The molecule has 5 heteroatoms. The minimum absolute atomic E-state index is 0.0301. The Morgan fingerprint density at radius 2 is 2.09 bits per heavy atom. The third-order valence-electron chi connectivity index (χ3n) is 1.21. The van der Waals surface area contributed by atoms with Crippen LogP contribution in [-0.2, 0) is 0 Å². The van der Waals surface area contributed by atoms with Crippen LogP contribution in [0.3, 0.4) is 0 Å². The molecular formula is C6H9F2N3. The van der Waals surface area contributed by atoms with Gasteiger partial charge >= 0.3 is 0 Å². The van der Waals surface area contributed by atoms with Crippen LogP contribution in [0.25, 0.3) is 0 Å². The van der Waals surface area contributed by atoms with Gasteiger partial charge in [0.1, 0.15) is 5.69 Å². The predicted molar refractivity (Wildman–Crippen MR) is 35.4 cm³/mol. The highest BCUT2D eigenvalue weighted by molar-refractivity contribution is 4.92. The number of hydrogen-bond acceptors (Lipinski definition) is 2. The molecule has 0 N–H and O–H groups in total. The van der Waals surface area contributed by atoms with Crippen LogP contribution in [0.5, 0.6) is 0 Å². The maximum atomic E-state index is 11.9. The molecule has 1 aromatic rings. The van der Waals surface area contributed by atoms with Crippen LogP contribution in [0, 0.1) is 0 Å². The van der Waals surface area contributed by atoms with E-state index in [9.17, 15) is 8.78 Å². The number of halogens is 2. The summed E-state index contributed by atoms with van der Waals surface area (Å²) in [7, 11) is 0. The van der Waals surface area contributed by atoms with Crippen molar-refractivity contribution < 1.29 is 8.78 Å². The number of rotatable bonds is 2. The van der Waals surface area contributed by atoms with Crippen molar-refractivity contribution in [3.63, 3.8) is 0 Å². The van der Waals surface area contributed by atoms with Gasteiger partial charge in [0.2, 0.25) is 0 Å². The van der Waals surface area contributed by atoms with Crippen LogP contribution in [-0.4, -0.2) is 15.0 Å². The molecule has 1 rings (SSSR count). The second-order valence-electron chi connectivity index (χ2n) is 2.48. The second-order valence-corrected chi connectivity index (χ2v) is 2.48. The van der Waals surface area contributed by atoms with Gasteiger partial charge in [0.25, 0.3) is 6.43 Å². The summed E-state index contributed by atoms with van der Waals surface area (Å²) in [6.45, 7) is 3.66. The minimum Gasteiger partial charge on any atom is -0.203 e. The molecule has 0 radical (unpaired) electrons. The molecule has 0 fully saturated rings. The van der Waals surface area contributed by atoms with E-state index >= 15 is 0 Å². The van der Waals surface area contributed by atoms with E-state index in [0.29, 0.717) is 0 Å². The lowest BCUT2D eigenvalue weighted by molar-refractivity contribution is 0.144. The molecular weight excluding hydrogens is 152 g/mol. The van der Waals surface area contributed by atoms with Crippen molar-refractivity contribution in [3.8, 4) is 0 Å². The first-order chi connectivity index (χ1) is 5.11. The van der Waals surface area contributed by atoms with Gasteiger partial charge in [-0.1, -0.05) is 0 Å². The van der Waals surface area contributed by atoms with Crippen LogP contribution in [0.15, 0.2) is 6.20 Å². The zero-order valence-corrected chi connectivity index (χ0v) is 6.33. The zero-order chi connectivity index (χ0) is 8.43. The number of aromatic nitrogens is 3. The van der Waals surface area contributed by atoms with E-state index in [1.54, 1.807) is 0 Å². The van der Waals surface area contributed by atoms with Gasteiger partial charge in [0, 0.05) is 0 Å². The first-order valence-corrected chi connectivity index (χ1v) is 3.31. The Bertz CT molecular complexity index is 209. The SMILES string of the molecule is CC(C)n1ncc(C(F)F)n1. The molecule has 0 saturated heterocycles. The summed E-state index contributed by atoms with van der Waals surface area (Å²) >= 11 is 0. The van der Waals surface area contributed by atoms with Crippen LogP contribution in [0.1, 0.15) is 32.0 Å². The van der Waals surface area contributed by atoms with E-state index in [-0.39, 0.29) is 11.7 Å². The fourth-order valence-electron chi connectivity index (χ4n) is 0.637. The van der Waals surface area contributed by atoms with E-state index in [2.05, 4.69) is 10.2 Å². The Morgan fingerprint density at radius 1 is 1.45 bits per heavy atom. The van der Waals surface area contributed by atoms with E-state index in [1.165, 1.54) is 4.80 Å². The molecule has 0 saturated carbocycles. The van der Waals surface area contributed by atoms with E-state index in [1.807, 2.05) is 13.8 Å². The fourth-order valence-corrected chi connectivity index (χ4v) is 0.637. The van der Waals surface area contributed by atoms with Crippen LogP contribution >= 0.6 is 0 Å². The normalized spacial score (nSPS) is 11.5. The van der Waals surface area contributed by atoms with Gasteiger partial charge in [-0.3, -0.25) is 0 Å². The molecule has 3 nitrogen and oxygen atoms in total. The molecule has 1 aromatic heterocycles. The molecule has 0 aromatic carbocycles. The minimum atomic E-state index is -2.53. The van der Waals surface area contributed by atoms with Crippen molar-refractivity contribution in [3.05, 3.63) is 11.9 Å². The quantitative estimate of drug-likeness (QED) is 0.662. The van der Waals surface area contributed by atoms with E-state index < -0.39 is 6.43 Å². The van der Waals surface area contributed by atoms with Crippen molar-refractivity contribution in [2.45, 2.75) is 26.3 Å². The van der Waals surface area contributed by atoms with Crippen LogP contribution in [0.2, 0.25) is 0 Å². The van der Waals surface area contributed by atoms with Crippen molar-refractivity contribution >= 4 is 0 Å². The molecule has 0 aliphatic carbocycles. The van der Waals surface area contributed by atoms with Crippen molar-refractivity contribution in [2.75, 3.05) is 0 Å².